The van der Waals surface area contributed by atoms with E-state index in [0.717, 1.165) is 38.4 Å². The Morgan fingerprint density at radius 1 is 0.861 bits per heavy atom. The van der Waals surface area contributed by atoms with Gasteiger partial charge in [-0.2, -0.15) is 0 Å². The van der Waals surface area contributed by atoms with Gasteiger partial charge in [0.05, 0.1) is 15.9 Å². The number of carbonyl (C=O) groups excluding carboxylic acids is 1. The molecule has 36 heavy (non-hydrogen) atoms. The quantitative estimate of drug-likeness (QED) is 0.275. The van der Waals surface area contributed by atoms with Crippen LogP contribution in [0.25, 0.3) is 32.6 Å². The third kappa shape index (κ3) is 4.48. The van der Waals surface area contributed by atoms with Crippen molar-refractivity contribution in [1.82, 2.24) is 9.47 Å². The van der Waals surface area contributed by atoms with Gasteiger partial charge in [0.15, 0.2) is 0 Å². The number of thiophene rings is 1. The number of aromatic nitrogens is 1. The highest BCUT2D eigenvalue weighted by Crippen LogP contribution is 2.45. The lowest BCUT2D eigenvalue weighted by Crippen LogP contribution is -2.26. The van der Waals surface area contributed by atoms with Crippen LogP contribution < -0.4 is 4.74 Å². The number of ether oxygens (including phenoxy) is 1. The van der Waals surface area contributed by atoms with E-state index in [2.05, 4.69) is 0 Å². The van der Waals surface area contributed by atoms with E-state index in [0.29, 0.717) is 5.75 Å². The topological polar surface area (TPSA) is 71.8 Å². The Kier molecular flexibility index (Phi) is 6.31. The molecule has 0 aliphatic carbocycles. The van der Waals surface area contributed by atoms with Crippen molar-refractivity contribution in [3.63, 3.8) is 0 Å². The van der Waals surface area contributed by atoms with Crippen molar-refractivity contribution in [2.24, 2.45) is 0 Å². The van der Waals surface area contributed by atoms with Crippen LogP contribution in [-0.4, -0.2) is 40.5 Å². The number of benzene rings is 3. The fourth-order valence-electron chi connectivity index (χ4n) is 4.15. The van der Waals surface area contributed by atoms with E-state index in [1.807, 2.05) is 89.5 Å². The number of carbonyl (C=O) groups is 2. The van der Waals surface area contributed by atoms with Gasteiger partial charge in [0.2, 0.25) is 5.91 Å². The Labute approximate surface area is 212 Å². The first-order chi connectivity index (χ1) is 17.4. The van der Waals surface area contributed by atoms with Gasteiger partial charge in [-0.25, -0.2) is 4.79 Å². The molecule has 1 amide bonds. The maximum absolute atomic E-state index is 12.9. The van der Waals surface area contributed by atoms with E-state index in [1.165, 1.54) is 11.3 Å². The molecule has 7 heteroatoms. The van der Waals surface area contributed by atoms with Crippen molar-refractivity contribution in [2.75, 3.05) is 14.1 Å². The lowest BCUT2D eigenvalue weighted by molar-refractivity contribution is -0.129. The SMILES string of the molecule is CN(C)C(=O)Cn1c(-c2ccc(Oc3ccccc3)cc2)c(-c2ccccc2)c2sc(C(=O)O)cc21. The molecule has 180 valence electrons. The van der Waals surface area contributed by atoms with E-state index in [4.69, 9.17) is 4.74 Å². The lowest BCUT2D eigenvalue weighted by Gasteiger charge is -2.16. The molecule has 5 rings (SSSR count). The van der Waals surface area contributed by atoms with E-state index in [-0.39, 0.29) is 17.3 Å². The summed E-state index contributed by atoms with van der Waals surface area (Å²) in [6.45, 7) is 0.0870. The number of likely N-dealkylation sites (N-methyl/N-ethyl adjacent to an activating group) is 1. The number of amides is 1. The predicted molar refractivity (Wildman–Crippen MR) is 143 cm³/mol. The molecule has 0 aliphatic heterocycles. The third-order valence-corrected chi connectivity index (χ3v) is 7.04. The molecule has 5 aromatic rings. The summed E-state index contributed by atoms with van der Waals surface area (Å²) in [5.74, 6) is 0.380. The van der Waals surface area contributed by atoms with Gasteiger partial charge in [-0.3, -0.25) is 4.79 Å². The third-order valence-electron chi connectivity index (χ3n) is 5.91. The number of hydrogen-bond donors (Lipinski definition) is 1. The van der Waals surface area contributed by atoms with Gasteiger partial charge in [-0.05, 0) is 53.6 Å². The van der Waals surface area contributed by atoms with Gasteiger partial charge in [-0.1, -0.05) is 48.5 Å². The molecule has 0 unspecified atom stereocenters. The highest BCUT2D eigenvalue weighted by atomic mass is 32.1. The van der Waals surface area contributed by atoms with E-state index < -0.39 is 5.97 Å². The van der Waals surface area contributed by atoms with Crippen LogP contribution in [0.3, 0.4) is 0 Å². The molecule has 0 radical (unpaired) electrons. The Balaban J connectivity index is 1.70. The van der Waals surface area contributed by atoms with E-state index in [1.54, 1.807) is 25.1 Å². The first-order valence-corrected chi connectivity index (χ1v) is 12.2. The largest absolute Gasteiger partial charge is 0.477 e. The summed E-state index contributed by atoms with van der Waals surface area (Å²) in [6, 6.07) is 28.8. The van der Waals surface area contributed by atoms with Crippen LogP contribution in [0.1, 0.15) is 9.67 Å². The standard InChI is InChI=1S/C29H24N2O4S/c1-30(2)25(32)18-31-23-17-24(29(33)34)36-28(23)26(19-9-5-3-6-10-19)27(31)20-13-15-22(16-14-20)35-21-11-7-4-8-12-21/h3-17H,18H2,1-2H3,(H,33,34). The van der Waals surface area contributed by atoms with Crippen molar-refractivity contribution in [1.29, 1.82) is 0 Å². The number of hydrogen-bond acceptors (Lipinski definition) is 4. The number of para-hydroxylation sites is 1. The van der Waals surface area contributed by atoms with Gasteiger partial charge in [0.1, 0.15) is 22.9 Å². The van der Waals surface area contributed by atoms with Crippen molar-refractivity contribution in [2.45, 2.75) is 6.54 Å². The molecule has 0 atom stereocenters. The average molecular weight is 497 g/mol. The number of carboxylic acids is 1. The summed E-state index contributed by atoms with van der Waals surface area (Å²) >= 11 is 1.23. The molecule has 3 aromatic carbocycles. The number of aromatic carboxylic acids is 1. The molecule has 0 fully saturated rings. The molecule has 0 aliphatic rings. The van der Waals surface area contributed by atoms with Crippen LogP contribution in [0.2, 0.25) is 0 Å². The zero-order valence-electron chi connectivity index (χ0n) is 19.8. The first kappa shape index (κ1) is 23.4. The second-order valence-corrected chi connectivity index (χ2v) is 9.59. The molecule has 2 aromatic heterocycles. The van der Waals surface area contributed by atoms with Gasteiger partial charge >= 0.3 is 5.97 Å². The molecule has 0 spiro atoms. The highest BCUT2D eigenvalue weighted by Gasteiger charge is 2.25. The second kappa shape index (κ2) is 9.71. The monoisotopic (exact) mass is 496 g/mol. The van der Waals surface area contributed by atoms with Gasteiger partial charge < -0.3 is 19.3 Å². The molecule has 0 saturated carbocycles. The Morgan fingerprint density at radius 3 is 2.08 bits per heavy atom. The highest BCUT2D eigenvalue weighted by molar-refractivity contribution is 7.21. The first-order valence-electron chi connectivity index (χ1n) is 11.4. The Hall–Kier alpha value is -4.36. The second-order valence-electron chi connectivity index (χ2n) is 8.53. The van der Waals surface area contributed by atoms with Crippen molar-refractivity contribution in [3.05, 3.63) is 95.9 Å². The minimum atomic E-state index is -0.982. The summed E-state index contributed by atoms with van der Waals surface area (Å²) in [4.78, 5) is 26.4. The smallest absolute Gasteiger partial charge is 0.345 e. The molecule has 2 heterocycles. The number of rotatable bonds is 7. The van der Waals surface area contributed by atoms with Crippen LogP contribution in [0.15, 0.2) is 91.0 Å². The Morgan fingerprint density at radius 2 is 1.47 bits per heavy atom. The molecule has 6 nitrogen and oxygen atoms in total. The molecular formula is C29H24N2O4S. The minimum absolute atomic E-state index is 0.0835. The van der Waals surface area contributed by atoms with E-state index in [9.17, 15) is 14.7 Å². The number of fused-ring (bicyclic) bond motifs is 1. The lowest BCUT2D eigenvalue weighted by atomic mass is 10.0. The van der Waals surface area contributed by atoms with Crippen LogP contribution in [0.4, 0.5) is 0 Å². The van der Waals surface area contributed by atoms with Crippen LogP contribution >= 0.6 is 11.3 Å². The maximum atomic E-state index is 12.9. The zero-order chi connectivity index (χ0) is 25.2. The molecule has 0 saturated heterocycles. The zero-order valence-corrected chi connectivity index (χ0v) is 20.7. The molecule has 1 N–H and O–H groups in total. The van der Waals surface area contributed by atoms with Gasteiger partial charge in [0.25, 0.3) is 0 Å². The fourth-order valence-corrected chi connectivity index (χ4v) is 5.22. The molecule has 0 bridgehead atoms. The van der Waals surface area contributed by atoms with E-state index >= 15 is 0 Å². The van der Waals surface area contributed by atoms with Crippen LogP contribution in [0, 0.1) is 0 Å². The number of carboxylic acid groups (broad SMARTS) is 1. The summed E-state index contributed by atoms with van der Waals surface area (Å²) in [5, 5.41) is 9.68. The van der Waals surface area contributed by atoms with Crippen molar-refractivity contribution < 1.29 is 19.4 Å². The summed E-state index contributed by atoms with van der Waals surface area (Å²) in [7, 11) is 3.43. The summed E-state index contributed by atoms with van der Waals surface area (Å²) in [6.07, 6.45) is 0. The van der Waals surface area contributed by atoms with Crippen molar-refractivity contribution in [3.8, 4) is 33.9 Å². The van der Waals surface area contributed by atoms with Crippen LogP contribution in [0.5, 0.6) is 11.5 Å². The van der Waals surface area contributed by atoms with Crippen molar-refractivity contribution >= 4 is 33.4 Å². The average Bonchev–Trinajstić information content (AvgIpc) is 3.44. The normalized spacial score (nSPS) is 10.9. The van der Waals surface area contributed by atoms with Gasteiger partial charge in [-0.15, -0.1) is 11.3 Å². The summed E-state index contributed by atoms with van der Waals surface area (Å²) < 4.78 is 8.73. The predicted octanol–water partition coefficient (Wildman–Crippen LogP) is 6.62. The molecular weight excluding hydrogens is 472 g/mol. The van der Waals surface area contributed by atoms with Crippen LogP contribution in [-0.2, 0) is 11.3 Å². The fraction of sp³-hybridized carbons (Fsp3) is 0.103. The maximum Gasteiger partial charge on any atom is 0.345 e. The minimum Gasteiger partial charge on any atom is -0.477 e. The summed E-state index contributed by atoms with van der Waals surface area (Å²) in [5.41, 5.74) is 4.36. The number of nitrogens with zero attached hydrogens (tertiary/aromatic N) is 2. The van der Waals surface area contributed by atoms with Gasteiger partial charge in [0, 0.05) is 19.7 Å². The Bertz CT molecular complexity index is 1540.